The molecule has 0 saturated carbocycles. The van der Waals surface area contributed by atoms with Crippen LogP contribution in [0.15, 0.2) is 36.4 Å². The molecule has 0 radical (unpaired) electrons. The molecular weight excluding hydrogens is 236 g/mol. The lowest BCUT2D eigenvalue weighted by Gasteiger charge is -2.28. The van der Waals surface area contributed by atoms with Crippen molar-refractivity contribution in [3.8, 4) is 0 Å². The van der Waals surface area contributed by atoms with Gasteiger partial charge in [0.05, 0.1) is 5.02 Å². The van der Waals surface area contributed by atoms with Gasteiger partial charge in [-0.1, -0.05) is 48.0 Å². The van der Waals surface area contributed by atoms with E-state index >= 15 is 0 Å². The van der Waals surface area contributed by atoms with Crippen molar-refractivity contribution in [3.05, 3.63) is 47.0 Å². The summed E-state index contributed by atoms with van der Waals surface area (Å²) in [6.45, 7) is 1.85. The number of halogens is 1. The quantitative estimate of drug-likeness (QED) is 0.768. The maximum Gasteiger partial charge on any atom is 0.192 e. The predicted molar refractivity (Wildman–Crippen MR) is 70.3 cm³/mol. The molecule has 0 fully saturated rings. The fourth-order valence-corrected chi connectivity index (χ4v) is 2.29. The van der Waals surface area contributed by atoms with Gasteiger partial charge in [-0.2, -0.15) is 0 Å². The van der Waals surface area contributed by atoms with Crippen molar-refractivity contribution in [2.24, 2.45) is 0 Å². The smallest absolute Gasteiger partial charge is 0.192 e. The van der Waals surface area contributed by atoms with Crippen LogP contribution in [0.1, 0.15) is 12.5 Å². The summed E-state index contributed by atoms with van der Waals surface area (Å²) in [5, 5.41) is 2.79. The summed E-state index contributed by atoms with van der Waals surface area (Å²) in [6, 6.07) is 11.9. The van der Waals surface area contributed by atoms with Crippen molar-refractivity contribution in [1.82, 2.24) is 0 Å². The van der Waals surface area contributed by atoms with E-state index in [4.69, 9.17) is 21.1 Å². The molecule has 0 unspecified atom stereocenters. The van der Waals surface area contributed by atoms with Gasteiger partial charge in [0.1, 0.15) is 0 Å². The minimum absolute atomic E-state index is 0.675. The highest BCUT2D eigenvalue weighted by Crippen LogP contribution is 2.36. The normalized spacial score (nSPS) is 12.0. The van der Waals surface area contributed by atoms with Crippen LogP contribution in [0.25, 0.3) is 10.8 Å². The summed E-state index contributed by atoms with van der Waals surface area (Å²) in [4.78, 5) is 0. The Morgan fingerprint density at radius 1 is 1.00 bits per heavy atom. The second-order valence-corrected chi connectivity index (χ2v) is 4.38. The zero-order valence-electron chi connectivity index (χ0n) is 10.2. The van der Waals surface area contributed by atoms with Gasteiger partial charge in [0.2, 0.25) is 0 Å². The molecule has 2 rings (SSSR count). The fourth-order valence-electron chi connectivity index (χ4n) is 1.89. The largest absolute Gasteiger partial charge is 0.349 e. The summed E-state index contributed by atoms with van der Waals surface area (Å²) in [7, 11) is 3.21. The summed E-state index contributed by atoms with van der Waals surface area (Å²) in [5.74, 6) is -0.818. The van der Waals surface area contributed by atoms with E-state index in [9.17, 15) is 0 Å². The van der Waals surface area contributed by atoms with Crippen LogP contribution >= 0.6 is 11.6 Å². The summed E-state index contributed by atoms with van der Waals surface area (Å²) < 4.78 is 10.8. The average Bonchev–Trinajstić information content (AvgIpc) is 2.38. The van der Waals surface area contributed by atoms with Gasteiger partial charge in [0, 0.05) is 25.2 Å². The first-order valence-corrected chi connectivity index (χ1v) is 5.78. The van der Waals surface area contributed by atoms with Crippen molar-refractivity contribution >= 4 is 22.4 Å². The van der Waals surface area contributed by atoms with Gasteiger partial charge in [-0.3, -0.25) is 0 Å². The number of rotatable bonds is 3. The first-order chi connectivity index (χ1) is 8.12. The topological polar surface area (TPSA) is 18.5 Å². The van der Waals surface area contributed by atoms with Crippen LogP contribution in [0.2, 0.25) is 5.02 Å². The molecule has 2 aromatic carbocycles. The highest BCUT2D eigenvalue weighted by molar-refractivity contribution is 6.36. The summed E-state index contributed by atoms with van der Waals surface area (Å²) >= 11 is 6.42. The molecule has 2 nitrogen and oxygen atoms in total. The lowest BCUT2D eigenvalue weighted by molar-refractivity contribution is -0.201. The van der Waals surface area contributed by atoms with Gasteiger partial charge >= 0.3 is 0 Å². The first-order valence-electron chi connectivity index (χ1n) is 5.40. The molecule has 90 valence electrons. The van der Waals surface area contributed by atoms with Gasteiger partial charge in [-0.25, -0.2) is 0 Å². The molecule has 0 amide bonds. The number of fused-ring (bicyclic) bond motifs is 1. The van der Waals surface area contributed by atoms with Crippen molar-refractivity contribution in [2.75, 3.05) is 14.2 Å². The second-order valence-electron chi connectivity index (χ2n) is 4.00. The number of benzene rings is 2. The Hall–Kier alpha value is -1.09. The Morgan fingerprint density at radius 3 is 2.29 bits per heavy atom. The van der Waals surface area contributed by atoms with Crippen molar-refractivity contribution in [1.29, 1.82) is 0 Å². The van der Waals surface area contributed by atoms with E-state index in [1.165, 1.54) is 0 Å². The summed E-state index contributed by atoms with van der Waals surface area (Å²) in [6.07, 6.45) is 0. The Labute approximate surface area is 106 Å². The van der Waals surface area contributed by atoms with Crippen LogP contribution in [0.5, 0.6) is 0 Å². The molecular formula is C14H15ClO2. The molecule has 0 atom stereocenters. The van der Waals surface area contributed by atoms with E-state index in [2.05, 4.69) is 0 Å². The molecule has 17 heavy (non-hydrogen) atoms. The molecule has 0 heterocycles. The Kier molecular flexibility index (Phi) is 3.38. The third kappa shape index (κ3) is 2.04. The lowest BCUT2D eigenvalue weighted by Crippen LogP contribution is -2.27. The van der Waals surface area contributed by atoms with E-state index in [0.717, 1.165) is 16.3 Å². The standard InChI is InChI=1S/C14H15ClO2/c1-14(16-2,17-3)12-9-8-10-6-4-5-7-11(10)13(12)15/h4-9H,1-3H3. The molecule has 2 aromatic rings. The number of hydrogen-bond donors (Lipinski definition) is 0. The maximum atomic E-state index is 6.42. The Bertz CT molecular complexity index is 533. The van der Waals surface area contributed by atoms with Gasteiger partial charge in [0.15, 0.2) is 5.79 Å². The zero-order chi connectivity index (χ0) is 12.5. The van der Waals surface area contributed by atoms with E-state index in [1.54, 1.807) is 14.2 Å². The van der Waals surface area contributed by atoms with Crippen LogP contribution in [0.3, 0.4) is 0 Å². The van der Waals surface area contributed by atoms with Crippen LogP contribution in [0, 0.1) is 0 Å². The third-order valence-corrected chi connectivity index (χ3v) is 3.54. The monoisotopic (exact) mass is 250 g/mol. The van der Waals surface area contributed by atoms with E-state index in [1.807, 2.05) is 43.3 Å². The minimum Gasteiger partial charge on any atom is -0.349 e. The molecule has 0 spiro atoms. The maximum absolute atomic E-state index is 6.42. The molecule has 0 bridgehead atoms. The van der Waals surface area contributed by atoms with Gasteiger partial charge in [-0.15, -0.1) is 0 Å². The van der Waals surface area contributed by atoms with Gasteiger partial charge in [0.25, 0.3) is 0 Å². The molecule has 0 aliphatic heterocycles. The lowest BCUT2D eigenvalue weighted by atomic mass is 10.0. The molecule has 0 aliphatic carbocycles. The fraction of sp³-hybridized carbons (Fsp3) is 0.286. The zero-order valence-corrected chi connectivity index (χ0v) is 10.9. The van der Waals surface area contributed by atoms with Crippen LogP contribution in [-0.4, -0.2) is 14.2 Å². The molecule has 0 saturated heterocycles. The molecule has 0 aliphatic rings. The Morgan fingerprint density at radius 2 is 1.65 bits per heavy atom. The SMILES string of the molecule is COC(C)(OC)c1ccc2ccccc2c1Cl. The highest BCUT2D eigenvalue weighted by atomic mass is 35.5. The van der Waals surface area contributed by atoms with Crippen molar-refractivity contribution in [2.45, 2.75) is 12.7 Å². The predicted octanol–water partition coefficient (Wildman–Crippen LogP) is 3.96. The van der Waals surface area contributed by atoms with Crippen LogP contribution in [0.4, 0.5) is 0 Å². The van der Waals surface area contributed by atoms with E-state index in [-0.39, 0.29) is 0 Å². The third-order valence-electron chi connectivity index (χ3n) is 3.13. The van der Waals surface area contributed by atoms with Crippen molar-refractivity contribution < 1.29 is 9.47 Å². The summed E-state index contributed by atoms with van der Waals surface area (Å²) in [5.41, 5.74) is 0.836. The van der Waals surface area contributed by atoms with Gasteiger partial charge in [-0.05, 0) is 12.3 Å². The van der Waals surface area contributed by atoms with Gasteiger partial charge < -0.3 is 9.47 Å². The van der Waals surface area contributed by atoms with E-state index in [0.29, 0.717) is 5.02 Å². The van der Waals surface area contributed by atoms with Crippen LogP contribution in [-0.2, 0) is 15.3 Å². The number of methoxy groups -OCH3 is 2. The second kappa shape index (κ2) is 4.65. The first kappa shape index (κ1) is 12.4. The average molecular weight is 251 g/mol. The molecule has 3 heteroatoms. The molecule has 0 N–H and O–H groups in total. The number of hydrogen-bond acceptors (Lipinski definition) is 2. The number of ether oxygens (including phenoxy) is 2. The highest BCUT2D eigenvalue weighted by Gasteiger charge is 2.28. The minimum atomic E-state index is -0.818. The Balaban J connectivity index is 2.68. The van der Waals surface area contributed by atoms with Crippen molar-refractivity contribution in [3.63, 3.8) is 0 Å². The van der Waals surface area contributed by atoms with Crippen LogP contribution < -0.4 is 0 Å². The molecule has 0 aromatic heterocycles. The van der Waals surface area contributed by atoms with E-state index < -0.39 is 5.79 Å².